The lowest BCUT2D eigenvalue weighted by Gasteiger charge is -2.28. The van der Waals surface area contributed by atoms with Crippen LogP contribution in [0.4, 0.5) is 4.79 Å². The average molecular weight is 346 g/mol. The number of hydrogen-bond donors (Lipinski definition) is 1. The van der Waals surface area contributed by atoms with E-state index < -0.39 is 5.60 Å². The van der Waals surface area contributed by atoms with E-state index in [1.807, 2.05) is 39.0 Å². The molecule has 0 unspecified atom stereocenters. The third-order valence-electron chi connectivity index (χ3n) is 4.25. The van der Waals surface area contributed by atoms with Crippen LogP contribution >= 0.6 is 0 Å². The molecular formula is C20H30N2O3. The maximum absolute atomic E-state index is 12.2. The zero-order valence-corrected chi connectivity index (χ0v) is 15.6. The summed E-state index contributed by atoms with van der Waals surface area (Å²) in [5.41, 5.74) is 0.757. The third kappa shape index (κ3) is 6.77. The molecule has 5 nitrogen and oxygen atoms in total. The molecule has 1 aromatic rings. The second-order valence-electron chi connectivity index (χ2n) is 7.61. The monoisotopic (exact) mass is 346 g/mol. The molecule has 138 valence electrons. The summed E-state index contributed by atoms with van der Waals surface area (Å²) in [6, 6.07) is 10.2. The Labute approximate surface area is 150 Å². The molecule has 5 heteroatoms. The first-order chi connectivity index (χ1) is 11.8. The first-order valence-electron chi connectivity index (χ1n) is 9.15. The van der Waals surface area contributed by atoms with Crippen LogP contribution in [0.5, 0.6) is 0 Å². The second kappa shape index (κ2) is 8.88. The van der Waals surface area contributed by atoms with E-state index in [-0.39, 0.29) is 18.0 Å². The Kier molecular flexibility index (Phi) is 6.85. The fourth-order valence-corrected chi connectivity index (χ4v) is 3.03. The van der Waals surface area contributed by atoms with E-state index >= 15 is 0 Å². The number of nitrogens with zero attached hydrogens (tertiary/aromatic N) is 1. The van der Waals surface area contributed by atoms with E-state index in [0.717, 1.165) is 25.7 Å². The van der Waals surface area contributed by atoms with Gasteiger partial charge in [0.15, 0.2) is 0 Å². The van der Waals surface area contributed by atoms with Gasteiger partial charge in [0.05, 0.1) is 6.04 Å². The number of benzene rings is 1. The van der Waals surface area contributed by atoms with Gasteiger partial charge < -0.3 is 15.0 Å². The summed E-state index contributed by atoms with van der Waals surface area (Å²) in [5, 5.41) is 2.97. The first kappa shape index (κ1) is 19.3. The van der Waals surface area contributed by atoms with Crippen molar-refractivity contribution in [2.75, 3.05) is 13.1 Å². The molecule has 0 saturated carbocycles. The van der Waals surface area contributed by atoms with Crippen molar-refractivity contribution < 1.29 is 14.3 Å². The van der Waals surface area contributed by atoms with Gasteiger partial charge in [-0.2, -0.15) is 0 Å². The van der Waals surface area contributed by atoms with Gasteiger partial charge in [0.2, 0.25) is 5.91 Å². The summed E-state index contributed by atoms with van der Waals surface area (Å²) in [7, 11) is 0. The maximum Gasteiger partial charge on any atom is 0.410 e. The lowest BCUT2D eigenvalue weighted by molar-refractivity contribution is -0.121. The van der Waals surface area contributed by atoms with Crippen molar-refractivity contribution in [3.63, 3.8) is 0 Å². The van der Waals surface area contributed by atoms with Gasteiger partial charge >= 0.3 is 6.09 Å². The van der Waals surface area contributed by atoms with E-state index in [9.17, 15) is 9.59 Å². The predicted octanol–water partition coefficient (Wildman–Crippen LogP) is 3.53. The van der Waals surface area contributed by atoms with Crippen LogP contribution in [-0.4, -0.2) is 41.6 Å². The van der Waals surface area contributed by atoms with Crippen molar-refractivity contribution in [3.05, 3.63) is 35.9 Å². The van der Waals surface area contributed by atoms with Gasteiger partial charge in [-0.05, 0) is 52.0 Å². The molecule has 1 aliphatic heterocycles. The van der Waals surface area contributed by atoms with Crippen molar-refractivity contribution in [1.82, 2.24) is 10.2 Å². The van der Waals surface area contributed by atoms with E-state index in [1.54, 1.807) is 4.90 Å². The molecule has 1 fully saturated rings. The number of carbonyl (C=O) groups is 2. The molecule has 2 rings (SSSR count). The molecule has 1 aromatic carbocycles. The highest BCUT2D eigenvalue weighted by molar-refractivity contribution is 5.76. The molecule has 1 saturated heterocycles. The van der Waals surface area contributed by atoms with Gasteiger partial charge in [0, 0.05) is 19.5 Å². The molecule has 0 bridgehead atoms. The van der Waals surface area contributed by atoms with E-state index in [0.29, 0.717) is 19.5 Å². The van der Waals surface area contributed by atoms with Crippen LogP contribution < -0.4 is 5.32 Å². The van der Waals surface area contributed by atoms with Crippen LogP contribution in [0.15, 0.2) is 30.3 Å². The summed E-state index contributed by atoms with van der Waals surface area (Å²) in [5.74, 6) is 0.0481. The molecular weight excluding hydrogens is 316 g/mol. The minimum Gasteiger partial charge on any atom is -0.444 e. The summed E-state index contributed by atoms with van der Waals surface area (Å²) in [6.07, 6.45) is 3.82. The standard InChI is InChI=1S/C20H30N2O3/c1-20(2,3)25-19(24)22-14-8-12-17(22)15-21-18(23)13-7-11-16-9-5-4-6-10-16/h4-6,9-10,17H,7-8,11-15H2,1-3H3,(H,21,23)/t17-/m1/s1. The van der Waals surface area contributed by atoms with E-state index in [1.165, 1.54) is 5.56 Å². The van der Waals surface area contributed by atoms with Crippen molar-refractivity contribution >= 4 is 12.0 Å². The van der Waals surface area contributed by atoms with Gasteiger partial charge in [-0.3, -0.25) is 4.79 Å². The van der Waals surface area contributed by atoms with Crippen molar-refractivity contribution in [1.29, 1.82) is 0 Å². The Morgan fingerprint density at radius 3 is 2.64 bits per heavy atom. The van der Waals surface area contributed by atoms with Crippen LogP contribution in [0.25, 0.3) is 0 Å². The summed E-state index contributed by atoms with van der Waals surface area (Å²) in [4.78, 5) is 26.0. The SMILES string of the molecule is CC(C)(C)OC(=O)N1CCC[C@@H]1CNC(=O)CCCc1ccccc1. The molecule has 1 N–H and O–H groups in total. The van der Waals surface area contributed by atoms with E-state index in [2.05, 4.69) is 17.4 Å². The summed E-state index contributed by atoms with van der Waals surface area (Å²) < 4.78 is 5.45. The molecule has 1 atom stereocenters. The van der Waals surface area contributed by atoms with E-state index in [4.69, 9.17) is 4.74 Å². The Morgan fingerprint density at radius 1 is 1.24 bits per heavy atom. The highest BCUT2D eigenvalue weighted by atomic mass is 16.6. The van der Waals surface area contributed by atoms with Crippen LogP contribution in [0, 0.1) is 0 Å². The molecule has 0 spiro atoms. The lowest BCUT2D eigenvalue weighted by atomic mass is 10.1. The predicted molar refractivity (Wildman–Crippen MR) is 98.4 cm³/mol. The first-order valence-corrected chi connectivity index (χ1v) is 9.15. The molecule has 0 aliphatic carbocycles. The average Bonchev–Trinajstić information content (AvgIpc) is 3.01. The Balaban J connectivity index is 1.70. The van der Waals surface area contributed by atoms with Crippen LogP contribution in [0.2, 0.25) is 0 Å². The molecule has 0 radical (unpaired) electrons. The number of amides is 2. The second-order valence-corrected chi connectivity index (χ2v) is 7.61. The van der Waals surface area contributed by atoms with Crippen molar-refractivity contribution in [2.24, 2.45) is 0 Å². The number of ether oxygens (including phenoxy) is 1. The minimum atomic E-state index is -0.495. The fraction of sp³-hybridized carbons (Fsp3) is 0.600. The lowest BCUT2D eigenvalue weighted by Crippen LogP contribution is -2.45. The number of aryl methyl sites for hydroxylation is 1. The summed E-state index contributed by atoms with van der Waals surface area (Å²) >= 11 is 0. The van der Waals surface area contributed by atoms with Gasteiger partial charge in [-0.25, -0.2) is 4.79 Å². The molecule has 1 heterocycles. The van der Waals surface area contributed by atoms with Gasteiger partial charge in [0.1, 0.15) is 5.60 Å². The highest BCUT2D eigenvalue weighted by Crippen LogP contribution is 2.20. The number of nitrogens with one attached hydrogen (secondary N) is 1. The van der Waals surface area contributed by atoms with Gasteiger partial charge in [0.25, 0.3) is 0 Å². The largest absolute Gasteiger partial charge is 0.444 e. The number of likely N-dealkylation sites (tertiary alicyclic amines) is 1. The minimum absolute atomic E-state index is 0.0351. The maximum atomic E-state index is 12.2. The number of carbonyl (C=O) groups excluding carboxylic acids is 2. The van der Waals surface area contributed by atoms with Gasteiger partial charge in [-0.15, -0.1) is 0 Å². The van der Waals surface area contributed by atoms with Crippen LogP contribution in [0.1, 0.15) is 52.0 Å². The van der Waals surface area contributed by atoms with Crippen molar-refractivity contribution in [2.45, 2.75) is 64.5 Å². The molecule has 0 aromatic heterocycles. The highest BCUT2D eigenvalue weighted by Gasteiger charge is 2.32. The molecule has 1 aliphatic rings. The normalized spacial score (nSPS) is 17.4. The van der Waals surface area contributed by atoms with Gasteiger partial charge in [-0.1, -0.05) is 30.3 Å². The fourth-order valence-electron chi connectivity index (χ4n) is 3.03. The Bertz CT molecular complexity index is 566. The Hall–Kier alpha value is -2.04. The molecule has 25 heavy (non-hydrogen) atoms. The molecule has 2 amide bonds. The Morgan fingerprint density at radius 2 is 1.96 bits per heavy atom. The number of hydrogen-bond acceptors (Lipinski definition) is 3. The van der Waals surface area contributed by atoms with Crippen LogP contribution in [0.3, 0.4) is 0 Å². The zero-order valence-electron chi connectivity index (χ0n) is 15.6. The quantitative estimate of drug-likeness (QED) is 0.857. The summed E-state index contributed by atoms with van der Waals surface area (Å²) in [6.45, 7) is 6.80. The third-order valence-corrected chi connectivity index (χ3v) is 4.25. The smallest absolute Gasteiger partial charge is 0.410 e. The van der Waals surface area contributed by atoms with Crippen LogP contribution in [-0.2, 0) is 16.0 Å². The topological polar surface area (TPSA) is 58.6 Å². The zero-order chi connectivity index (χ0) is 18.3. The van der Waals surface area contributed by atoms with Crippen molar-refractivity contribution in [3.8, 4) is 0 Å². The number of rotatable bonds is 6.